The van der Waals surface area contributed by atoms with Gasteiger partial charge in [-0.2, -0.15) is 0 Å². The summed E-state index contributed by atoms with van der Waals surface area (Å²) >= 11 is 0. The lowest BCUT2D eigenvalue weighted by molar-refractivity contribution is -0.276. The van der Waals surface area contributed by atoms with Crippen molar-refractivity contribution in [3.05, 3.63) is 23.3 Å². The second-order valence-corrected chi connectivity index (χ2v) is 12.8. The van der Waals surface area contributed by atoms with Gasteiger partial charge < -0.3 is 19.9 Å². The molecule has 6 atom stereocenters. The molecular formula is C28H38N6O4. The van der Waals surface area contributed by atoms with Crippen LogP contribution < -0.4 is 26.5 Å². The van der Waals surface area contributed by atoms with E-state index in [1.165, 1.54) is 30.5 Å². The molecule has 4 saturated carbocycles. The Kier molecular flexibility index (Phi) is 4.91. The van der Waals surface area contributed by atoms with Gasteiger partial charge in [0.2, 0.25) is 5.91 Å². The van der Waals surface area contributed by atoms with Crippen molar-refractivity contribution in [2.75, 3.05) is 26.7 Å². The third kappa shape index (κ3) is 2.89. The highest BCUT2D eigenvalue weighted by atomic mass is 16.6. The fourth-order valence-corrected chi connectivity index (χ4v) is 9.69. The monoisotopic (exact) mass is 522 g/mol. The highest BCUT2D eigenvalue weighted by molar-refractivity contribution is 5.87. The van der Waals surface area contributed by atoms with Crippen molar-refractivity contribution in [1.82, 2.24) is 26.7 Å². The van der Waals surface area contributed by atoms with Gasteiger partial charge in [-0.3, -0.25) is 15.1 Å². The fraction of sp³-hybridized carbons (Fsp3) is 0.714. The van der Waals surface area contributed by atoms with Gasteiger partial charge in [-0.15, -0.1) is 10.6 Å². The highest BCUT2D eigenvalue weighted by Crippen LogP contribution is 2.76. The van der Waals surface area contributed by atoms with Crippen LogP contribution in [0.4, 0.5) is 0 Å². The summed E-state index contributed by atoms with van der Waals surface area (Å²) in [5.74, 6) is 2.70. The Morgan fingerprint density at radius 2 is 2.21 bits per heavy atom. The van der Waals surface area contributed by atoms with Crippen LogP contribution in [0, 0.1) is 17.3 Å². The van der Waals surface area contributed by atoms with Crippen LogP contribution in [0.2, 0.25) is 0 Å². The van der Waals surface area contributed by atoms with Gasteiger partial charge in [-0.25, -0.2) is 5.53 Å². The molecule has 3 aliphatic heterocycles. The van der Waals surface area contributed by atoms with Gasteiger partial charge in [0.15, 0.2) is 11.5 Å². The summed E-state index contributed by atoms with van der Waals surface area (Å²) in [4.78, 5) is 15.7. The molecule has 0 radical (unpaired) electrons. The first kappa shape index (κ1) is 23.3. The van der Waals surface area contributed by atoms with Crippen LogP contribution in [0.5, 0.6) is 11.5 Å². The number of likely N-dealkylation sites (tertiary alicyclic amines) is 1. The Hall–Kier alpha value is -2.56. The van der Waals surface area contributed by atoms with Crippen LogP contribution in [-0.2, 0) is 21.4 Å². The maximum absolute atomic E-state index is 12.9. The largest absolute Gasteiger partial charge is 0.504 e. The molecule has 8 aliphatic rings. The Bertz CT molecular complexity index is 1220. The second kappa shape index (κ2) is 7.99. The molecule has 4 bridgehead atoms. The Balaban J connectivity index is 1.15. The second-order valence-electron chi connectivity index (χ2n) is 12.8. The van der Waals surface area contributed by atoms with E-state index in [1.54, 1.807) is 0 Å². The highest BCUT2D eigenvalue weighted by Gasteiger charge is 2.80. The number of carbonyl (C=O) groups excluding carboxylic acids is 1. The molecule has 0 unspecified atom stereocenters. The number of amides is 1. The Morgan fingerprint density at radius 3 is 3.00 bits per heavy atom. The van der Waals surface area contributed by atoms with Crippen LogP contribution in [0.25, 0.3) is 0 Å². The molecule has 9 rings (SSSR count). The first-order valence-corrected chi connectivity index (χ1v) is 14.4. The van der Waals surface area contributed by atoms with E-state index < -0.39 is 5.60 Å². The summed E-state index contributed by atoms with van der Waals surface area (Å²) in [6.07, 6.45) is 8.60. The number of rotatable bonds is 8. The zero-order valence-electron chi connectivity index (χ0n) is 22.0. The number of nitrogens with one attached hydrogen (secondary N) is 4. The number of hydrazone groups is 1. The van der Waals surface area contributed by atoms with Gasteiger partial charge in [-0.05, 0) is 69.0 Å². The third-order valence-electron chi connectivity index (χ3n) is 11.4. The number of phenols is 1. The van der Waals surface area contributed by atoms with Gasteiger partial charge in [0.25, 0.3) is 0 Å². The molecule has 38 heavy (non-hydrogen) atoms. The summed E-state index contributed by atoms with van der Waals surface area (Å²) in [5, 5.41) is 18.3. The number of amidine groups is 1. The average molecular weight is 523 g/mol. The van der Waals surface area contributed by atoms with E-state index in [0.717, 1.165) is 50.4 Å². The van der Waals surface area contributed by atoms with Crippen LogP contribution >= 0.6 is 0 Å². The number of aromatic hydroxyl groups is 1. The van der Waals surface area contributed by atoms with E-state index in [9.17, 15) is 9.90 Å². The maximum atomic E-state index is 12.9. The van der Waals surface area contributed by atoms with E-state index in [2.05, 4.69) is 37.9 Å². The lowest BCUT2D eigenvalue weighted by Crippen LogP contribution is -2.81. The molecule has 1 aromatic rings. The number of piperidine rings is 1. The molecule has 5 fully saturated rings. The van der Waals surface area contributed by atoms with Gasteiger partial charge in [0.1, 0.15) is 17.5 Å². The number of methoxy groups -OCH3 is 1. The van der Waals surface area contributed by atoms with Gasteiger partial charge in [-0.1, -0.05) is 6.07 Å². The van der Waals surface area contributed by atoms with Crippen molar-refractivity contribution in [3.8, 4) is 11.5 Å². The first-order chi connectivity index (χ1) is 18.5. The minimum Gasteiger partial charge on any atom is -0.504 e. The number of hydrogen-bond acceptors (Lipinski definition) is 9. The van der Waals surface area contributed by atoms with Crippen LogP contribution in [0.3, 0.4) is 0 Å². The van der Waals surface area contributed by atoms with E-state index >= 15 is 0 Å². The number of nitrogens with zero attached hydrogens (tertiary/aromatic N) is 2. The van der Waals surface area contributed by atoms with Gasteiger partial charge in [0.05, 0.1) is 0 Å². The van der Waals surface area contributed by atoms with Crippen molar-refractivity contribution < 1.29 is 19.4 Å². The van der Waals surface area contributed by atoms with Gasteiger partial charge >= 0.3 is 0 Å². The predicted octanol–water partition coefficient (Wildman–Crippen LogP) is 1.44. The maximum Gasteiger partial charge on any atom is 0.220 e. The average Bonchev–Trinajstić information content (AvgIpc) is 3.43. The SMILES string of the molecule is CO[C@]12CC[C@@]3(C[C@@H]1CNC(=O)CCC1=NNNN1)[C@H]1Cc4ccc(O)c5c4[C@@]3(CCN1CC1CC1)[C@H]2O5. The molecule has 2 spiro atoms. The molecule has 5 aliphatic carbocycles. The molecule has 3 heterocycles. The standard InChI is InChI=1S/C28H38N6O4/c1-37-28-9-8-26(13-18(28)14-29-22(36)7-6-21-30-32-33-31-21)20-12-17-4-5-19(35)24-23(17)27(26,25(28)38-24)10-11-34(20)15-16-2-3-16/h4-5,16,18,20,25,32-33,35H,2-3,6-15H2,1H3,(H,29,36)(H,30,31)/t18-,20-,25-,26-,27+,28-/m1/s1. The molecule has 1 amide bonds. The number of hydrogen-bond donors (Lipinski definition) is 5. The first-order valence-electron chi connectivity index (χ1n) is 14.4. The van der Waals surface area contributed by atoms with Crippen molar-refractivity contribution in [1.29, 1.82) is 0 Å². The Labute approximate surface area is 222 Å². The molecule has 204 valence electrons. The minimum atomic E-state index is -0.497. The summed E-state index contributed by atoms with van der Waals surface area (Å²) in [7, 11) is 1.82. The number of hydrazine groups is 2. The quantitative estimate of drug-likeness (QED) is 0.348. The fourth-order valence-electron chi connectivity index (χ4n) is 9.69. The van der Waals surface area contributed by atoms with Crippen molar-refractivity contribution in [2.45, 2.75) is 80.9 Å². The zero-order valence-corrected chi connectivity index (χ0v) is 22.0. The van der Waals surface area contributed by atoms with E-state index in [4.69, 9.17) is 9.47 Å². The lowest BCUT2D eigenvalue weighted by Gasteiger charge is -2.74. The zero-order chi connectivity index (χ0) is 25.7. The molecule has 1 aromatic carbocycles. The summed E-state index contributed by atoms with van der Waals surface area (Å²) in [5.41, 5.74) is 10.3. The number of carbonyl (C=O) groups is 1. The summed E-state index contributed by atoms with van der Waals surface area (Å²) < 4.78 is 13.4. The molecule has 1 saturated heterocycles. The van der Waals surface area contributed by atoms with E-state index in [0.29, 0.717) is 31.2 Å². The molecule has 10 heteroatoms. The Morgan fingerprint density at radius 1 is 1.32 bits per heavy atom. The van der Waals surface area contributed by atoms with Crippen LogP contribution in [0.15, 0.2) is 17.2 Å². The molecule has 10 nitrogen and oxygen atoms in total. The van der Waals surface area contributed by atoms with Crippen molar-refractivity contribution in [3.63, 3.8) is 0 Å². The normalized spacial score (nSPS) is 39.6. The number of fused-ring (bicyclic) bond motifs is 2. The van der Waals surface area contributed by atoms with Gasteiger partial charge in [0, 0.05) is 61.4 Å². The minimum absolute atomic E-state index is 0.0241. The van der Waals surface area contributed by atoms with Crippen molar-refractivity contribution >= 4 is 11.7 Å². The third-order valence-corrected chi connectivity index (χ3v) is 11.4. The molecule has 5 N–H and O–H groups in total. The number of phenolic OH excluding ortho intramolecular Hbond substituents is 1. The van der Waals surface area contributed by atoms with Crippen molar-refractivity contribution in [2.24, 2.45) is 22.4 Å². The predicted molar refractivity (Wildman–Crippen MR) is 139 cm³/mol. The molecular weight excluding hydrogens is 484 g/mol. The van der Waals surface area contributed by atoms with E-state index in [1.807, 2.05) is 13.2 Å². The smallest absolute Gasteiger partial charge is 0.220 e. The topological polar surface area (TPSA) is 119 Å². The van der Waals surface area contributed by atoms with Crippen LogP contribution in [-0.4, -0.2) is 66.2 Å². The van der Waals surface area contributed by atoms with E-state index in [-0.39, 0.29) is 34.5 Å². The number of benzene rings is 1. The summed E-state index contributed by atoms with van der Waals surface area (Å²) in [6, 6.07) is 4.44. The lowest BCUT2D eigenvalue weighted by atomic mass is 9.35. The number of ether oxygens (including phenoxy) is 2. The molecule has 0 aromatic heterocycles. The van der Waals surface area contributed by atoms with Crippen LogP contribution in [0.1, 0.15) is 62.5 Å². The summed E-state index contributed by atoms with van der Waals surface area (Å²) in [6.45, 7) is 2.86.